The van der Waals surface area contributed by atoms with Crippen molar-refractivity contribution in [1.82, 2.24) is 0 Å². The van der Waals surface area contributed by atoms with Gasteiger partial charge in [-0.05, 0) is 30.9 Å². The lowest BCUT2D eigenvalue weighted by molar-refractivity contribution is 0.0494. The molecule has 3 nitrogen and oxygen atoms in total. The molecular weight excluding hydrogens is 275 g/mol. The van der Waals surface area contributed by atoms with Gasteiger partial charge in [0.05, 0.1) is 18.2 Å². The molecule has 0 saturated carbocycles. The first-order valence-corrected chi connectivity index (χ1v) is 6.75. The van der Waals surface area contributed by atoms with Crippen LogP contribution in [0.5, 0.6) is 5.75 Å². The fourth-order valence-corrected chi connectivity index (χ4v) is 2.60. The van der Waals surface area contributed by atoms with Crippen LogP contribution in [0, 0.1) is 5.92 Å². The summed E-state index contributed by atoms with van der Waals surface area (Å²) in [6.45, 7) is 2.03. The van der Waals surface area contributed by atoms with E-state index in [2.05, 4.69) is 0 Å². The second kappa shape index (κ2) is 6.62. The van der Waals surface area contributed by atoms with E-state index in [9.17, 15) is 5.11 Å². The van der Waals surface area contributed by atoms with E-state index in [-0.39, 0.29) is 6.61 Å². The lowest BCUT2D eigenvalue weighted by Crippen LogP contribution is -2.21. The van der Waals surface area contributed by atoms with Gasteiger partial charge in [-0.25, -0.2) is 0 Å². The smallest absolute Gasteiger partial charge is 0.143 e. The Morgan fingerprint density at radius 1 is 1.28 bits per heavy atom. The molecule has 0 aromatic heterocycles. The van der Waals surface area contributed by atoms with E-state index in [1.165, 1.54) is 0 Å². The quantitative estimate of drug-likeness (QED) is 0.925. The zero-order chi connectivity index (χ0) is 13.0. The molecular formula is C13H16Cl2O3. The average molecular weight is 291 g/mol. The number of hydrogen-bond acceptors (Lipinski definition) is 3. The lowest BCUT2D eigenvalue weighted by Gasteiger charge is -2.23. The number of ether oxygens (including phenoxy) is 2. The first-order chi connectivity index (χ1) is 8.70. The Bertz CT molecular complexity index is 403. The number of benzene rings is 1. The molecule has 0 unspecified atom stereocenters. The molecule has 0 amide bonds. The largest absolute Gasteiger partial charge is 0.491 e. The Morgan fingerprint density at radius 2 is 2.00 bits per heavy atom. The topological polar surface area (TPSA) is 38.7 Å². The van der Waals surface area contributed by atoms with Crippen LogP contribution in [-0.4, -0.2) is 24.9 Å². The van der Waals surface area contributed by atoms with E-state index in [1.54, 1.807) is 12.1 Å². The minimum atomic E-state index is -0.136. The third-order valence-corrected chi connectivity index (χ3v) is 3.56. The van der Waals surface area contributed by atoms with Crippen LogP contribution in [0.15, 0.2) is 12.1 Å². The van der Waals surface area contributed by atoms with E-state index in [1.807, 2.05) is 0 Å². The summed E-state index contributed by atoms with van der Waals surface area (Å²) in [5.74, 6) is 1.02. The van der Waals surface area contributed by atoms with Crippen molar-refractivity contribution >= 4 is 23.2 Å². The predicted octanol–water partition coefficient (Wildman–Crippen LogP) is 3.29. The van der Waals surface area contributed by atoms with Crippen LogP contribution in [0.1, 0.15) is 18.4 Å². The van der Waals surface area contributed by atoms with Gasteiger partial charge in [-0.1, -0.05) is 23.2 Å². The molecule has 1 aromatic rings. The predicted molar refractivity (Wildman–Crippen MR) is 71.4 cm³/mol. The lowest BCUT2D eigenvalue weighted by atomic mass is 10.0. The molecule has 100 valence electrons. The molecule has 0 spiro atoms. The van der Waals surface area contributed by atoms with Crippen molar-refractivity contribution in [2.75, 3.05) is 19.8 Å². The Balaban J connectivity index is 2.03. The molecule has 1 saturated heterocycles. The summed E-state index contributed by atoms with van der Waals surface area (Å²) in [6, 6.07) is 3.30. The molecule has 1 aliphatic heterocycles. The molecule has 1 aromatic carbocycles. The van der Waals surface area contributed by atoms with E-state index in [0.29, 0.717) is 33.9 Å². The van der Waals surface area contributed by atoms with Crippen molar-refractivity contribution in [1.29, 1.82) is 0 Å². The van der Waals surface area contributed by atoms with E-state index in [0.717, 1.165) is 26.1 Å². The summed E-state index contributed by atoms with van der Waals surface area (Å²) < 4.78 is 11.0. The van der Waals surface area contributed by atoms with Gasteiger partial charge in [0.2, 0.25) is 0 Å². The van der Waals surface area contributed by atoms with E-state index in [4.69, 9.17) is 32.7 Å². The van der Waals surface area contributed by atoms with Gasteiger partial charge in [0.1, 0.15) is 5.75 Å². The second-order valence-electron chi connectivity index (χ2n) is 4.40. The van der Waals surface area contributed by atoms with Crippen LogP contribution in [0.4, 0.5) is 0 Å². The molecule has 0 aliphatic carbocycles. The highest BCUT2D eigenvalue weighted by molar-refractivity contribution is 6.35. The molecule has 1 aliphatic rings. The van der Waals surface area contributed by atoms with Crippen molar-refractivity contribution in [2.45, 2.75) is 19.4 Å². The van der Waals surface area contributed by atoms with Crippen molar-refractivity contribution in [3.8, 4) is 5.75 Å². The van der Waals surface area contributed by atoms with Crippen LogP contribution >= 0.6 is 23.2 Å². The summed E-state index contributed by atoms with van der Waals surface area (Å²) in [6.07, 6.45) is 2.00. The van der Waals surface area contributed by atoms with Crippen LogP contribution < -0.4 is 4.74 Å². The van der Waals surface area contributed by atoms with Crippen molar-refractivity contribution < 1.29 is 14.6 Å². The van der Waals surface area contributed by atoms with Gasteiger partial charge in [0.25, 0.3) is 0 Å². The Kier molecular flexibility index (Phi) is 5.13. The monoisotopic (exact) mass is 290 g/mol. The van der Waals surface area contributed by atoms with Gasteiger partial charge in [-0.2, -0.15) is 0 Å². The zero-order valence-electron chi connectivity index (χ0n) is 9.99. The number of aliphatic hydroxyl groups excluding tert-OH is 1. The van der Waals surface area contributed by atoms with Crippen LogP contribution in [-0.2, 0) is 11.3 Å². The Labute approximate surface area is 117 Å². The van der Waals surface area contributed by atoms with Gasteiger partial charge < -0.3 is 14.6 Å². The highest BCUT2D eigenvalue weighted by Crippen LogP contribution is 2.33. The van der Waals surface area contributed by atoms with E-state index >= 15 is 0 Å². The van der Waals surface area contributed by atoms with Crippen LogP contribution in [0.2, 0.25) is 10.0 Å². The van der Waals surface area contributed by atoms with Gasteiger partial charge in [-0.3, -0.25) is 0 Å². The highest BCUT2D eigenvalue weighted by Gasteiger charge is 2.17. The number of rotatable bonds is 4. The SMILES string of the molecule is OCc1cc(Cl)cc(Cl)c1OCC1CCOCC1. The van der Waals surface area contributed by atoms with Crippen molar-refractivity contribution in [3.63, 3.8) is 0 Å². The van der Waals surface area contributed by atoms with Crippen LogP contribution in [0.3, 0.4) is 0 Å². The molecule has 0 atom stereocenters. The summed E-state index contributed by atoms with van der Waals surface area (Å²) >= 11 is 12.0. The molecule has 0 bridgehead atoms. The fourth-order valence-electron chi connectivity index (χ4n) is 2.01. The minimum absolute atomic E-state index is 0.136. The van der Waals surface area contributed by atoms with Crippen molar-refractivity contribution in [2.24, 2.45) is 5.92 Å². The first-order valence-electron chi connectivity index (χ1n) is 6.00. The highest BCUT2D eigenvalue weighted by atomic mass is 35.5. The summed E-state index contributed by atoms with van der Waals surface area (Å²) in [5.41, 5.74) is 0.625. The Morgan fingerprint density at radius 3 is 2.67 bits per heavy atom. The molecule has 0 radical (unpaired) electrons. The van der Waals surface area contributed by atoms with Gasteiger partial charge in [0, 0.05) is 23.8 Å². The van der Waals surface area contributed by atoms with Gasteiger partial charge in [-0.15, -0.1) is 0 Å². The number of halogens is 2. The first kappa shape index (κ1) is 13.9. The third kappa shape index (κ3) is 3.51. The molecule has 1 fully saturated rings. The number of hydrogen-bond donors (Lipinski definition) is 1. The molecule has 18 heavy (non-hydrogen) atoms. The summed E-state index contributed by atoms with van der Waals surface area (Å²) in [7, 11) is 0. The minimum Gasteiger partial charge on any atom is -0.491 e. The number of aliphatic hydroxyl groups is 1. The van der Waals surface area contributed by atoms with Crippen LogP contribution in [0.25, 0.3) is 0 Å². The fraction of sp³-hybridized carbons (Fsp3) is 0.538. The molecule has 5 heteroatoms. The second-order valence-corrected chi connectivity index (χ2v) is 5.24. The zero-order valence-corrected chi connectivity index (χ0v) is 11.5. The third-order valence-electron chi connectivity index (χ3n) is 3.06. The standard InChI is InChI=1S/C13H16Cl2O3/c14-11-5-10(7-16)13(12(15)6-11)18-8-9-1-3-17-4-2-9/h5-6,9,16H,1-4,7-8H2. The maximum atomic E-state index is 9.29. The van der Waals surface area contributed by atoms with Gasteiger partial charge in [0.15, 0.2) is 0 Å². The Hall–Kier alpha value is -0.480. The maximum Gasteiger partial charge on any atom is 0.143 e. The summed E-state index contributed by atoms with van der Waals surface area (Å²) in [4.78, 5) is 0. The maximum absolute atomic E-state index is 9.29. The molecule has 1 heterocycles. The van der Waals surface area contributed by atoms with Crippen molar-refractivity contribution in [3.05, 3.63) is 27.7 Å². The van der Waals surface area contributed by atoms with E-state index < -0.39 is 0 Å². The molecule has 1 N–H and O–H groups in total. The normalized spacial score (nSPS) is 16.8. The average Bonchev–Trinajstić information content (AvgIpc) is 2.38. The summed E-state index contributed by atoms with van der Waals surface area (Å²) in [5, 5.41) is 10.2. The molecule has 2 rings (SSSR count). The van der Waals surface area contributed by atoms with Gasteiger partial charge >= 0.3 is 0 Å².